The number of carbonyl (C=O) groups is 1. The molecule has 0 aliphatic rings. The third-order valence-corrected chi connectivity index (χ3v) is 2.86. The molecule has 0 fully saturated rings. The lowest BCUT2D eigenvalue weighted by molar-refractivity contribution is -0.119. The lowest BCUT2D eigenvalue weighted by atomic mass is 9.87. The predicted molar refractivity (Wildman–Crippen MR) is 68.0 cm³/mol. The molecule has 5 heteroatoms. The first kappa shape index (κ1) is 13.1. The minimum atomic E-state index is -0.568. The van der Waals surface area contributed by atoms with Gasteiger partial charge >= 0.3 is 0 Å². The second-order valence-corrected chi connectivity index (χ2v) is 5.52. The summed E-state index contributed by atoms with van der Waals surface area (Å²) in [6.45, 7) is 5.76. The lowest BCUT2D eigenvalue weighted by Gasteiger charge is -2.25. The van der Waals surface area contributed by atoms with Crippen molar-refractivity contribution in [3.8, 4) is 0 Å². The van der Waals surface area contributed by atoms with Crippen LogP contribution in [0.15, 0.2) is 22.8 Å². The first-order chi connectivity index (χ1) is 7.32. The van der Waals surface area contributed by atoms with Crippen molar-refractivity contribution in [1.82, 2.24) is 4.98 Å². The number of nitrogens with one attached hydrogen (secondary N) is 1. The minimum Gasteiger partial charge on any atom is -0.319 e. The highest BCUT2D eigenvalue weighted by Gasteiger charge is 2.27. The maximum absolute atomic E-state index is 11.8. The van der Waals surface area contributed by atoms with Crippen molar-refractivity contribution in [1.29, 1.82) is 0 Å². The maximum atomic E-state index is 11.8. The number of pyridine rings is 1. The number of hydrogen-bond donors (Lipinski definition) is 2. The Balaban J connectivity index is 2.76. The quantitative estimate of drug-likeness (QED) is 0.875. The molecule has 16 heavy (non-hydrogen) atoms. The lowest BCUT2D eigenvalue weighted by Crippen LogP contribution is -2.45. The summed E-state index contributed by atoms with van der Waals surface area (Å²) in [6.07, 6.45) is 1.61. The largest absolute Gasteiger partial charge is 0.319 e. The van der Waals surface area contributed by atoms with Gasteiger partial charge in [0.05, 0.1) is 10.5 Å². The summed E-state index contributed by atoms with van der Waals surface area (Å²) < 4.78 is 0.740. The molecule has 3 N–H and O–H groups in total. The Kier molecular flexibility index (Phi) is 4.04. The van der Waals surface area contributed by atoms with Crippen LogP contribution in [0.25, 0.3) is 0 Å². The summed E-state index contributed by atoms with van der Waals surface area (Å²) in [7, 11) is 0. The summed E-state index contributed by atoms with van der Waals surface area (Å²) in [6, 6.07) is 3.02. The molecule has 88 valence electrons. The Morgan fingerprint density at radius 2 is 2.19 bits per heavy atom. The Hall–Kier alpha value is -0.940. The van der Waals surface area contributed by atoms with E-state index in [1.54, 1.807) is 12.3 Å². The van der Waals surface area contributed by atoms with E-state index in [0.717, 1.165) is 4.47 Å². The molecule has 0 spiro atoms. The average Bonchev–Trinajstić information content (AvgIpc) is 2.19. The predicted octanol–water partition coefficient (Wildman–Crippen LogP) is 2.16. The van der Waals surface area contributed by atoms with Gasteiger partial charge in [-0.1, -0.05) is 20.8 Å². The normalized spacial score (nSPS) is 13.3. The number of aromatic nitrogens is 1. The number of rotatable bonds is 2. The molecule has 0 aromatic carbocycles. The highest BCUT2D eigenvalue weighted by Crippen LogP contribution is 2.21. The van der Waals surface area contributed by atoms with Gasteiger partial charge in [0.25, 0.3) is 0 Å². The monoisotopic (exact) mass is 285 g/mol. The molecule has 0 aliphatic heterocycles. The Morgan fingerprint density at radius 1 is 1.56 bits per heavy atom. The van der Waals surface area contributed by atoms with Crippen molar-refractivity contribution < 1.29 is 4.79 Å². The molecule has 0 unspecified atom stereocenters. The van der Waals surface area contributed by atoms with Gasteiger partial charge in [0.1, 0.15) is 5.82 Å². The van der Waals surface area contributed by atoms with Crippen molar-refractivity contribution in [2.45, 2.75) is 26.8 Å². The van der Waals surface area contributed by atoms with Crippen LogP contribution in [-0.4, -0.2) is 16.9 Å². The Bertz CT molecular complexity index is 387. The first-order valence-corrected chi connectivity index (χ1v) is 5.78. The zero-order chi connectivity index (χ0) is 12.3. The van der Waals surface area contributed by atoms with Crippen LogP contribution in [0.2, 0.25) is 0 Å². The van der Waals surface area contributed by atoms with Crippen molar-refractivity contribution >= 4 is 27.7 Å². The number of nitrogens with zero attached hydrogens (tertiary/aromatic N) is 1. The number of halogens is 1. The molecule has 0 aliphatic carbocycles. The molecule has 1 aromatic heterocycles. The van der Waals surface area contributed by atoms with E-state index >= 15 is 0 Å². The average molecular weight is 286 g/mol. The van der Waals surface area contributed by atoms with Crippen LogP contribution >= 0.6 is 15.9 Å². The van der Waals surface area contributed by atoms with Crippen LogP contribution in [0, 0.1) is 5.41 Å². The van der Waals surface area contributed by atoms with Gasteiger partial charge in [-0.2, -0.15) is 0 Å². The van der Waals surface area contributed by atoms with E-state index in [9.17, 15) is 4.79 Å². The molecular weight excluding hydrogens is 270 g/mol. The van der Waals surface area contributed by atoms with Gasteiger partial charge in [0.15, 0.2) is 0 Å². The first-order valence-electron chi connectivity index (χ1n) is 4.99. The number of nitrogens with two attached hydrogens (primary N) is 1. The third kappa shape index (κ3) is 3.28. The molecule has 0 bridgehead atoms. The van der Waals surface area contributed by atoms with Crippen LogP contribution in [-0.2, 0) is 4.79 Å². The number of amides is 1. The van der Waals surface area contributed by atoms with E-state index in [2.05, 4.69) is 26.2 Å². The fourth-order valence-corrected chi connectivity index (χ4v) is 1.42. The van der Waals surface area contributed by atoms with Crippen LogP contribution in [0.5, 0.6) is 0 Å². The van der Waals surface area contributed by atoms with Crippen LogP contribution in [0.1, 0.15) is 20.8 Å². The smallest absolute Gasteiger partial charge is 0.243 e. The number of carbonyl (C=O) groups excluding carboxylic acids is 1. The van der Waals surface area contributed by atoms with E-state index in [4.69, 9.17) is 5.73 Å². The highest BCUT2D eigenvalue weighted by atomic mass is 79.9. The van der Waals surface area contributed by atoms with Crippen LogP contribution < -0.4 is 11.1 Å². The topological polar surface area (TPSA) is 68.0 Å². The zero-order valence-electron chi connectivity index (χ0n) is 9.62. The third-order valence-electron chi connectivity index (χ3n) is 2.22. The van der Waals surface area contributed by atoms with E-state index in [1.807, 2.05) is 26.8 Å². The number of hydrogen-bond acceptors (Lipinski definition) is 3. The Labute approximate surface area is 104 Å². The van der Waals surface area contributed by atoms with Crippen molar-refractivity contribution in [2.24, 2.45) is 11.1 Å². The van der Waals surface area contributed by atoms with Gasteiger partial charge in [-0.05, 0) is 33.5 Å². The number of anilines is 1. The molecule has 0 saturated heterocycles. The van der Waals surface area contributed by atoms with E-state index in [1.165, 1.54) is 0 Å². The van der Waals surface area contributed by atoms with E-state index < -0.39 is 6.04 Å². The molecule has 0 radical (unpaired) electrons. The van der Waals surface area contributed by atoms with Crippen molar-refractivity contribution in [3.63, 3.8) is 0 Å². The molecule has 1 atom stereocenters. The van der Waals surface area contributed by atoms with Crippen LogP contribution in [0.3, 0.4) is 0 Å². The van der Waals surface area contributed by atoms with Gasteiger partial charge < -0.3 is 11.1 Å². The SMILES string of the molecule is CC(C)(C)[C@H](N)C(=O)Nc1ncccc1Br. The molecule has 1 heterocycles. The van der Waals surface area contributed by atoms with Crippen molar-refractivity contribution in [3.05, 3.63) is 22.8 Å². The Morgan fingerprint density at radius 3 is 2.69 bits per heavy atom. The second-order valence-electron chi connectivity index (χ2n) is 4.67. The summed E-state index contributed by atoms with van der Waals surface area (Å²) in [4.78, 5) is 15.9. The molecular formula is C11H16BrN3O. The fourth-order valence-electron chi connectivity index (χ4n) is 1.07. The van der Waals surface area contributed by atoms with Crippen LogP contribution in [0.4, 0.5) is 5.82 Å². The summed E-state index contributed by atoms with van der Waals surface area (Å²) >= 11 is 3.31. The standard InChI is InChI=1S/C11H16BrN3O/c1-11(2,3)8(13)10(16)15-9-7(12)5-4-6-14-9/h4-6,8H,13H2,1-3H3,(H,14,15,16)/t8-/m1/s1. The van der Waals surface area contributed by atoms with E-state index in [-0.39, 0.29) is 11.3 Å². The summed E-state index contributed by atoms with van der Waals surface area (Å²) in [5.41, 5.74) is 5.56. The highest BCUT2D eigenvalue weighted by molar-refractivity contribution is 9.10. The second kappa shape index (κ2) is 4.93. The molecule has 1 amide bonds. The molecule has 0 saturated carbocycles. The molecule has 1 rings (SSSR count). The van der Waals surface area contributed by atoms with Gasteiger partial charge in [0.2, 0.25) is 5.91 Å². The fraction of sp³-hybridized carbons (Fsp3) is 0.455. The van der Waals surface area contributed by atoms with Gasteiger partial charge in [-0.15, -0.1) is 0 Å². The zero-order valence-corrected chi connectivity index (χ0v) is 11.2. The van der Waals surface area contributed by atoms with Gasteiger partial charge in [-0.3, -0.25) is 4.79 Å². The summed E-state index contributed by atoms with van der Waals surface area (Å²) in [5, 5.41) is 2.69. The van der Waals surface area contributed by atoms with Gasteiger partial charge in [0, 0.05) is 6.20 Å². The van der Waals surface area contributed by atoms with Crippen molar-refractivity contribution in [2.75, 3.05) is 5.32 Å². The summed E-state index contributed by atoms with van der Waals surface area (Å²) in [5.74, 6) is 0.263. The molecule has 4 nitrogen and oxygen atoms in total. The van der Waals surface area contributed by atoms with Gasteiger partial charge in [-0.25, -0.2) is 4.98 Å². The maximum Gasteiger partial charge on any atom is 0.243 e. The minimum absolute atomic E-state index is 0.230. The molecule has 1 aromatic rings. The van der Waals surface area contributed by atoms with E-state index in [0.29, 0.717) is 5.82 Å².